The van der Waals surface area contributed by atoms with Crippen molar-refractivity contribution in [2.75, 3.05) is 0 Å². The molecule has 0 aliphatic heterocycles. The van der Waals surface area contributed by atoms with Gasteiger partial charge in [0, 0.05) is 11.6 Å². The first kappa shape index (κ1) is 21.4. The number of carboxylic acids is 1. The van der Waals surface area contributed by atoms with Crippen molar-refractivity contribution in [3.8, 4) is 5.75 Å². The zero-order valence-electron chi connectivity index (χ0n) is 18.0. The second kappa shape index (κ2) is 8.70. The molecule has 0 amide bonds. The molecule has 0 heterocycles. The third-order valence-corrected chi connectivity index (χ3v) is 6.84. The maximum absolute atomic E-state index is 14.9. The first-order chi connectivity index (χ1) is 14.8. The summed E-state index contributed by atoms with van der Waals surface area (Å²) in [6.07, 6.45) is 7.02. The summed E-state index contributed by atoms with van der Waals surface area (Å²) in [5.74, 6) is 1.00. The van der Waals surface area contributed by atoms with Crippen LogP contribution in [0.4, 0.5) is 4.39 Å². The molecule has 4 rings (SSSR count). The summed E-state index contributed by atoms with van der Waals surface area (Å²) in [4.78, 5) is 10.8. The van der Waals surface area contributed by atoms with Crippen molar-refractivity contribution in [1.82, 2.24) is 0 Å². The summed E-state index contributed by atoms with van der Waals surface area (Å²) in [5, 5.41) is 18.6. The third-order valence-electron chi connectivity index (χ3n) is 6.84. The number of phenols is 1. The number of phenolic OH excluding ortho intramolecular Hbond substituents is 1. The molecule has 2 N–H and O–H groups in total. The van der Waals surface area contributed by atoms with Crippen LogP contribution in [0.3, 0.4) is 0 Å². The number of carbonyl (C=O) groups is 1. The molecular formula is C27H29FO3. The molecule has 3 nitrogen and oxygen atoms in total. The summed E-state index contributed by atoms with van der Waals surface area (Å²) < 4.78 is 14.9. The monoisotopic (exact) mass is 420 g/mol. The van der Waals surface area contributed by atoms with Gasteiger partial charge in [0.2, 0.25) is 0 Å². The fourth-order valence-corrected chi connectivity index (χ4v) is 5.78. The van der Waals surface area contributed by atoms with Crippen LogP contribution in [0.25, 0.3) is 11.6 Å². The Labute approximate surface area is 182 Å². The standard InChI is InChI=1S/C27H29FO3/c1-16-11-18-13-17(2)26(22(12-16)14-18)27(20-5-8-23(29)9-6-20)21-4-3-19(24(28)15-21)7-10-25(30)31/h3-10,15-18,22,29H,11-14H2,1-2H3,(H,30,31)/b10-7+,27-26-. The maximum atomic E-state index is 14.9. The van der Waals surface area contributed by atoms with E-state index in [4.69, 9.17) is 5.11 Å². The van der Waals surface area contributed by atoms with E-state index in [0.717, 1.165) is 41.5 Å². The highest BCUT2D eigenvalue weighted by Crippen LogP contribution is 2.51. The van der Waals surface area contributed by atoms with Crippen molar-refractivity contribution in [3.05, 3.63) is 76.6 Å². The number of fused-ring (bicyclic) bond motifs is 2. The first-order valence-corrected chi connectivity index (χ1v) is 11.1. The summed E-state index contributed by atoms with van der Waals surface area (Å²) in [5.41, 5.74) is 4.47. The molecule has 2 aliphatic carbocycles. The molecule has 4 unspecified atom stereocenters. The highest BCUT2D eigenvalue weighted by molar-refractivity contribution is 5.86. The van der Waals surface area contributed by atoms with E-state index >= 15 is 0 Å². The van der Waals surface area contributed by atoms with Gasteiger partial charge in [-0.15, -0.1) is 0 Å². The highest BCUT2D eigenvalue weighted by atomic mass is 19.1. The minimum absolute atomic E-state index is 0.205. The van der Waals surface area contributed by atoms with E-state index in [1.807, 2.05) is 18.2 Å². The van der Waals surface area contributed by atoms with Crippen LogP contribution in [-0.4, -0.2) is 16.2 Å². The molecule has 2 fully saturated rings. The van der Waals surface area contributed by atoms with Crippen molar-refractivity contribution >= 4 is 17.6 Å². The fraction of sp³-hybridized carbons (Fsp3) is 0.370. The van der Waals surface area contributed by atoms with Gasteiger partial charge in [0.05, 0.1) is 0 Å². The maximum Gasteiger partial charge on any atom is 0.328 e. The Bertz CT molecular complexity index is 1030. The van der Waals surface area contributed by atoms with Gasteiger partial charge >= 0.3 is 5.97 Å². The van der Waals surface area contributed by atoms with Crippen molar-refractivity contribution < 1.29 is 19.4 Å². The summed E-state index contributed by atoms with van der Waals surface area (Å²) in [6.45, 7) is 4.61. The SMILES string of the molecule is CC1CC2CC(C)/C(=C(\c3ccc(O)cc3)c3ccc(/C=C/C(=O)O)c(F)c3)C(C1)C2. The van der Waals surface area contributed by atoms with Gasteiger partial charge in [-0.3, -0.25) is 0 Å². The van der Waals surface area contributed by atoms with Gasteiger partial charge in [-0.1, -0.05) is 43.7 Å². The predicted octanol–water partition coefficient (Wildman–Crippen LogP) is 6.52. The molecule has 162 valence electrons. The first-order valence-electron chi connectivity index (χ1n) is 11.1. The second-order valence-electron chi connectivity index (χ2n) is 9.30. The molecule has 2 aromatic carbocycles. The minimum Gasteiger partial charge on any atom is -0.508 e. The predicted molar refractivity (Wildman–Crippen MR) is 121 cm³/mol. The molecular weight excluding hydrogens is 391 g/mol. The van der Waals surface area contributed by atoms with Crippen LogP contribution in [0.5, 0.6) is 5.75 Å². The Balaban J connectivity index is 1.86. The number of carboxylic acid groups (broad SMARTS) is 1. The topological polar surface area (TPSA) is 57.5 Å². The molecule has 0 saturated heterocycles. The van der Waals surface area contributed by atoms with Gasteiger partial charge in [-0.05, 0) is 90.3 Å². The minimum atomic E-state index is -1.10. The van der Waals surface area contributed by atoms with Gasteiger partial charge in [0.15, 0.2) is 0 Å². The summed E-state index contributed by atoms with van der Waals surface area (Å²) in [7, 11) is 0. The number of allylic oxidation sites excluding steroid dienone is 1. The van der Waals surface area contributed by atoms with Gasteiger partial charge in [0.1, 0.15) is 11.6 Å². The number of aromatic hydroxyl groups is 1. The van der Waals surface area contributed by atoms with Gasteiger partial charge in [-0.25, -0.2) is 9.18 Å². The molecule has 2 saturated carbocycles. The van der Waals surface area contributed by atoms with Gasteiger partial charge in [0.25, 0.3) is 0 Å². The van der Waals surface area contributed by atoms with E-state index in [2.05, 4.69) is 13.8 Å². The molecule has 4 heteroatoms. The Morgan fingerprint density at radius 1 is 1.00 bits per heavy atom. The lowest BCUT2D eigenvalue weighted by atomic mass is 9.61. The highest BCUT2D eigenvalue weighted by Gasteiger charge is 2.38. The molecule has 2 aromatic rings. The van der Waals surface area contributed by atoms with Gasteiger partial charge < -0.3 is 10.2 Å². The van der Waals surface area contributed by atoms with E-state index in [1.165, 1.54) is 30.6 Å². The zero-order chi connectivity index (χ0) is 22.1. The molecule has 0 spiro atoms. The zero-order valence-corrected chi connectivity index (χ0v) is 18.0. The van der Waals surface area contributed by atoms with Gasteiger partial charge in [-0.2, -0.15) is 0 Å². The Morgan fingerprint density at radius 3 is 2.39 bits per heavy atom. The van der Waals surface area contributed by atoms with Crippen molar-refractivity contribution in [2.24, 2.45) is 23.7 Å². The number of rotatable bonds is 4. The summed E-state index contributed by atoms with van der Waals surface area (Å²) >= 11 is 0. The Morgan fingerprint density at radius 2 is 1.71 bits per heavy atom. The number of hydrogen-bond acceptors (Lipinski definition) is 2. The van der Waals surface area contributed by atoms with Crippen LogP contribution in [-0.2, 0) is 4.79 Å². The smallest absolute Gasteiger partial charge is 0.328 e. The van der Waals surface area contributed by atoms with Crippen molar-refractivity contribution in [3.63, 3.8) is 0 Å². The molecule has 0 radical (unpaired) electrons. The molecule has 4 atom stereocenters. The Kier molecular flexibility index (Phi) is 5.99. The third kappa shape index (κ3) is 4.58. The fourth-order valence-electron chi connectivity index (χ4n) is 5.78. The van der Waals surface area contributed by atoms with Crippen LogP contribution in [0.15, 0.2) is 54.1 Å². The molecule has 2 aliphatic rings. The molecule has 31 heavy (non-hydrogen) atoms. The molecule has 2 bridgehead atoms. The normalized spacial score (nSPS) is 27.3. The van der Waals surface area contributed by atoms with E-state index in [9.17, 15) is 14.3 Å². The van der Waals surface area contributed by atoms with Crippen LogP contribution in [0.2, 0.25) is 0 Å². The number of halogens is 1. The number of benzene rings is 2. The number of hydrogen-bond donors (Lipinski definition) is 2. The van der Waals surface area contributed by atoms with Crippen molar-refractivity contribution in [1.29, 1.82) is 0 Å². The summed E-state index contributed by atoms with van der Waals surface area (Å²) in [6, 6.07) is 12.2. The van der Waals surface area contributed by atoms with E-state index in [-0.39, 0.29) is 11.3 Å². The van der Waals surface area contributed by atoms with Crippen molar-refractivity contribution in [2.45, 2.75) is 39.5 Å². The van der Waals surface area contributed by atoms with E-state index in [0.29, 0.717) is 17.8 Å². The van der Waals surface area contributed by atoms with E-state index in [1.54, 1.807) is 18.2 Å². The second-order valence-corrected chi connectivity index (χ2v) is 9.30. The lowest BCUT2D eigenvalue weighted by Crippen LogP contribution is -2.32. The molecule has 0 aromatic heterocycles. The average molecular weight is 421 g/mol. The lowest BCUT2D eigenvalue weighted by Gasteiger charge is -2.44. The van der Waals surface area contributed by atoms with Crippen LogP contribution < -0.4 is 0 Å². The Hall–Kier alpha value is -2.88. The van der Waals surface area contributed by atoms with Crippen LogP contribution in [0.1, 0.15) is 56.2 Å². The average Bonchev–Trinajstić information content (AvgIpc) is 2.70. The quantitative estimate of drug-likeness (QED) is 0.553. The largest absolute Gasteiger partial charge is 0.508 e. The number of aliphatic carboxylic acids is 1. The van der Waals surface area contributed by atoms with Crippen LogP contribution >= 0.6 is 0 Å². The van der Waals surface area contributed by atoms with E-state index < -0.39 is 11.8 Å². The lowest BCUT2D eigenvalue weighted by molar-refractivity contribution is -0.131. The van der Waals surface area contributed by atoms with Crippen LogP contribution in [0, 0.1) is 29.5 Å².